The maximum Gasteiger partial charge on any atom is 0.0729 e. The predicted octanol–water partition coefficient (Wildman–Crippen LogP) is 1.80. The molecule has 0 aliphatic carbocycles. The number of aromatic nitrogens is 2. The number of aryl methyl sites for hydroxylation is 2. The summed E-state index contributed by atoms with van der Waals surface area (Å²) in [5.74, 6) is 0. The van der Waals surface area contributed by atoms with Crippen molar-refractivity contribution in [1.29, 1.82) is 0 Å². The summed E-state index contributed by atoms with van der Waals surface area (Å²) in [7, 11) is 1.96. The van der Waals surface area contributed by atoms with Gasteiger partial charge in [-0.2, -0.15) is 5.10 Å². The number of hydrogen-bond donors (Lipinski definition) is 1. The zero-order valence-electron chi connectivity index (χ0n) is 11.4. The lowest BCUT2D eigenvalue weighted by atomic mass is 10.0. The second-order valence-corrected chi connectivity index (χ2v) is 4.55. The molecular weight excluding hydrogens is 214 g/mol. The molecule has 0 amide bonds. The van der Waals surface area contributed by atoms with Crippen LogP contribution in [0.15, 0.2) is 6.07 Å². The molecule has 2 N–H and O–H groups in total. The van der Waals surface area contributed by atoms with Gasteiger partial charge in [-0.3, -0.25) is 4.68 Å². The average Bonchev–Trinajstić information content (AvgIpc) is 2.57. The minimum Gasteiger partial charge on any atom is -0.377 e. The lowest BCUT2D eigenvalue weighted by molar-refractivity contribution is 0.0374. The third-order valence-corrected chi connectivity index (χ3v) is 2.98. The SMILES string of the molecule is CCCC(OCC)C(N)Cc1cc(C)nn1C. The normalized spacial score (nSPS) is 14.9. The van der Waals surface area contributed by atoms with Crippen LogP contribution in [0.25, 0.3) is 0 Å². The molecule has 2 atom stereocenters. The number of nitrogens with two attached hydrogens (primary N) is 1. The van der Waals surface area contributed by atoms with E-state index in [4.69, 9.17) is 10.5 Å². The lowest BCUT2D eigenvalue weighted by Crippen LogP contribution is -2.39. The summed E-state index contributed by atoms with van der Waals surface area (Å²) in [4.78, 5) is 0. The Hall–Kier alpha value is -0.870. The Labute approximate surface area is 104 Å². The summed E-state index contributed by atoms with van der Waals surface area (Å²) < 4.78 is 7.62. The van der Waals surface area contributed by atoms with Crippen LogP contribution in [0.2, 0.25) is 0 Å². The highest BCUT2D eigenvalue weighted by Gasteiger charge is 2.19. The number of nitrogens with zero attached hydrogens (tertiary/aromatic N) is 2. The largest absolute Gasteiger partial charge is 0.377 e. The van der Waals surface area contributed by atoms with Crippen LogP contribution >= 0.6 is 0 Å². The zero-order chi connectivity index (χ0) is 12.8. The molecule has 1 aromatic rings. The maximum absolute atomic E-state index is 6.23. The fraction of sp³-hybridized carbons (Fsp3) is 0.769. The van der Waals surface area contributed by atoms with Gasteiger partial charge in [0.1, 0.15) is 0 Å². The molecule has 0 radical (unpaired) electrons. The molecule has 2 unspecified atom stereocenters. The molecule has 0 bridgehead atoms. The highest BCUT2D eigenvalue weighted by molar-refractivity contribution is 5.10. The Morgan fingerprint density at radius 2 is 2.18 bits per heavy atom. The van der Waals surface area contributed by atoms with Gasteiger partial charge >= 0.3 is 0 Å². The van der Waals surface area contributed by atoms with Gasteiger partial charge in [0.05, 0.1) is 11.8 Å². The van der Waals surface area contributed by atoms with Crippen molar-refractivity contribution in [3.63, 3.8) is 0 Å². The quantitative estimate of drug-likeness (QED) is 0.789. The summed E-state index contributed by atoms with van der Waals surface area (Å²) >= 11 is 0. The Morgan fingerprint density at radius 3 is 2.65 bits per heavy atom. The van der Waals surface area contributed by atoms with Gasteiger partial charge in [0.2, 0.25) is 0 Å². The Morgan fingerprint density at radius 1 is 1.47 bits per heavy atom. The third kappa shape index (κ3) is 4.13. The van der Waals surface area contributed by atoms with Gasteiger partial charge in [-0.15, -0.1) is 0 Å². The highest BCUT2D eigenvalue weighted by Crippen LogP contribution is 2.12. The van der Waals surface area contributed by atoms with E-state index >= 15 is 0 Å². The van der Waals surface area contributed by atoms with Crippen LogP contribution in [-0.2, 0) is 18.2 Å². The summed E-state index contributed by atoms with van der Waals surface area (Å²) in [6.07, 6.45) is 3.09. The van der Waals surface area contributed by atoms with E-state index in [0.29, 0.717) is 0 Å². The first-order valence-corrected chi connectivity index (χ1v) is 6.45. The monoisotopic (exact) mass is 239 g/mol. The Balaban J connectivity index is 2.62. The molecule has 0 aliphatic rings. The first-order valence-electron chi connectivity index (χ1n) is 6.45. The fourth-order valence-corrected chi connectivity index (χ4v) is 2.15. The second kappa shape index (κ2) is 6.77. The van der Waals surface area contributed by atoms with E-state index < -0.39 is 0 Å². The van der Waals surface area contributed by atoms with Crippen molar-refractivity contribution in [2.45, 2.75) is 52.2 Å². The van der Waals surface area contributed by atoms with Crippen molar-refractivity contribution in [2.75, 3.05) is 6.61 Å². The summed E-state index contributed by atoms with van der Waals surface area (Å²) in [5.41, 5.74) is 8.45. The van der Waals surface area contributed by atoms with Gasteiger partial charge in [-0.25, -0.2) is 0 Å². The standard InChI is InChI=1S/C13H25N3O/c1-5-7-13(17-6-2)12(14)9-11-8-10(3)15-16(11)4/h8,12-13H,5-7,9,14H2,1-4H3. The van der Waals surface area contributed by atoms with Crippen molar-refractivity contribution >= 4 is 0 Å². The van der Waals surface area contributed by atoms with E-state index in [1.165, 1.54) is 5.69 Å². The van der Waals surface area contributed by atoms with E-state index in [1.807, 2.05) is 25.6 Å². The van der Waals surface area contributed by atoms with Crippen molar-refractivity contribution in [2.24, 2.45) is 12.8 Å². The minimum absolute atomic E-state index is 0.0460. The molecular formula is C13H25N3O. The van der Waals surface area contributed by atoms with E-state index in [2.05, 4.69) is 18.1 Å². The Bertz CT molecular complexity index is 329. The van der Waals surface area contributed by atoms with Crippen LogP contribution in [0.4, 0.5) is 0 Å². The number of rotatable bonds is 7. The fourth-order valence-electron chi connectivity index (χ4n) is 2.15. The molecule has 0 fully saturated rings. The predicted molar refractivity (Wildman–Crippen MR) is 69.9 cm³/mol. The van der Waals surface area contributed by atoms with Crippen LogP contribution in [0.1, 0.15) is 38.1 Å². The average molecular weight is 239 g/mol. The van der Waals surface area contributed by atoms with Crippen molar-refractivity contribution in [3.8, 4) is 0 Å². The first kappa shape index (κ1) is 14.2. The molecule has 4 nitrogen and oxygen atoms in total. The molecule has 1 heterocycles. The molecule has 98 valence electrons. The van der Waals surface area contributed by atoms with Crippen molar-refractivity contribution in [3.05, 3.63) is 17.5 Å². The van der Waals surface area contributed by atoms with Gasteiger partial charge < -0.3 is 10.5 Å². The van der Waals surface area contributed by atoms with Gasteiger partial charge in [0, 0.05) is 31.8 Å². The second-order valence-electron chi connectivity index (χ2n) is 4.55. The number of hydrogen-bond acceptors (Lipinski definition) is 3. The molecule has 1 aromatic heterocycles. The lowest BCUT2D eigenvalue weighted by Gasteiger charge is -2.23. The van der Waals surface area contributed by atoms with E-state index in [-0.39, 0.29) is 12.1 Å². The topological polar surface area (TPSA) is 53.1 Å². The first-order chi connectivity index (χ1) is 8.08. The van der Waals surface area contributed by atoms with E-state index in [9.17, 15) is 0 Å². The van der Waals surface area contributed by atoms with Crippen molar-refractivity contribution in [1.82, 2.24) is 9.78 Å². The van der Waals surface area contributed by atoms with Crippen LogP contribution in [0, 0.1) is 6.92 Å². The van der Waals surface area contributed by atoms with Gasteiger partial charge in [-0.05, 0) is 26.3 Å². The smallest absolute Gasteiger partial charge is 0.0729 e. The highest BCUT2D eigenvalue weighted by atomic mass is 16.5. The van der Waals surface area contributed by atoms with Crippen LogP contribution < -0.4 is 5.73 Å². The minimum atomic E-state index is 0.0460. The Kier molecular flexibility index (Phi) is 5.65. The van der Waals surface area contributed by atoms with Gasteiger partial charge in [0.25, 0.3) is 0 Å². The maximum atomic E-state index is 6.23. The molecule has 0 saturated heterocycles. The van der Waals surface area contributed by atoms with Crippen LogP contribution in [0.3, 0.4) is 0 Å². The van der Waals surface area contributed by atoms with Crippen LogP contribution in [-0.4, -0.2) is 28.5 Å². The van der Waals surface area contributed by atoms with Gasteiger partial charge in [-0.1, -0.05) is 13.3 Å². The molecule has 4 heteroatoms. The van der Waals surface area contributed by atoms with Crippen LogP contribution in [0.5, 0.6) is 0 Å². The summed E-state index contributed by atoms with van der Waals surface area (Å²) in [6, 6.07) is 2.14. The molecule has 1 rings (SSSR count). The molecule has 0 aliphatic heterocycles. The van der Waals surface area contributed by atoms with E-state index in [0.717, 1.165) is 31.6 Å². The number of ether oxygens (including phenoxy) is 1. The molecule has 17 heavy (non-hydrogen) atoms. The molecule has 0 aromatic carbocycles. The zero-order valence-corrected chi connectivity index (χ0v) is 11.4. The molecule has 0 saturated carbocycles. The summed E-state index contributed by atoms with van der Waals surface area (Å²) in [6.45, 7) is 6.90. The summed E-state index contributed by atoms with van der Waals surface area (Å²) in [5, 5.41) is 4.34. The third-order valence-electron chi connectivity index (χ3n) is 2.98. The molecule has 0 spiro atoms. The van der Waals surface area contributed by atoms with E-state index in [1.54, 1.807) is 0 Å². The van der Waals surface area contributed by atoms with Gasteiger partial charge in [0.15, 0.2) is 0 Å². The van der Waals surface area contributed by atoms with Crippen molar-refractivity contribution < 1.29 is 4.74 Å².